The SMILES string of the molecule is CC1(C)C(=O)N(C2CC3CCC2C3)N1Cc1cc(F)ccc1Cl. The van der Waals surface area contributed by atoms with E-state index in [9.17, 15) is 9.18 Å². The molecular formula is C18H22ClFN2O. The molecule has 0 aromatic heterocycles. The first-order chi connectivity index (χ1) is 10.9. The van der Waals surface area contributed by atoms with Gasteiger partial charge in [-0.3, -0.25) is 9.80 Å². The van der Waals surface area contributed by atoms with E-state index in [2.05, 4.69) is 5.01 Å². The standard InChI is InChI=1S/C18H22ClFN2O/c1-18(2)17(23)22(16-8-11-3-4-12(16)7-11)21(18)10-13-9-14(20)5-6-15(13)19/h5-6,9,11-12,16H,3-4,7-8,10H2,1-2H3. The fourth-order valence-electron chi connectivity index (χ4n) is 4.66. The van der Waals surface area contributed by atoms with Gasteiger partial charge in [0, 0.05) is 11.6 Å². The molecule has 23 heavy (non-hydrogen) atoms. The van der Waals surface area contributed by atoms with Gasteiger partial charge in [-0.15, -0.1) is 0 Å². The van der Waals surface area contributed by atoms with Crippen molar-refractivity contribution >= 4 is 17.5 Å². The molecule has 1 aromatic rings. The van der Waals surface area contributed by atoms with Gasteiger partial charge >= 0.3 is 0 Å². The highest BCUT2D eigenvalue weighted by Gasteiger charge is 2.58. The van der Waals surface area contributed by atoms with Crippen LogP contribution < -0.4 is 0 Å². The predicted octanol–water partition coefficient (Wildman–Crippen LogP) is 4.01. The van der Waals surface area contributed by atoms with E-state index in [1.54, 1.807) is 6.07 Å². The van der Waals surface area contributed by atoms with Gasteiger partial charge in [-0.25, -0.2) is 4.39 Å². The van der Waals surface area contributed by atoms with Crippen LogP contribution >= 0.6 is 11.6 Å². The molecule has 3 fully saturated rings. The molecule has 1 aliphatic heterocycles. The summed E-state index contributed by atoms with van der Waals surface area (Å²) in [7, 11) is 0. The molecule has 2 saturated carbocycles. The van der Waals surface area contributed by atoms with Gasteiger partial charge in [-0.1, -0.05) is 18.0 Å². The molecule has 3 atom stereocenters. The first-order valence-corrected chi connectivity index (χ1v) is 8.81. The summed E-state index contributed by atoms with van der Waals surface area (Å²) >= 11 is 6.22. The minimum atomic E-state index is -0.544. The Labute approximate surface area is 141 Å². The number of rotatable bonds is 3. The molecule has 1 heterocycles. The Kier molecular flexibility index (Phi) is 3.47. The summed E-state index contributed by atoms with van der Waals surface area (Å²) < 4.78 is 13.6. The minimum absolute atomic E-state index is 0.183. The number of benzene rings is 1. The lowest BCUT2D eigenvalue weighted by molar-refractivity contribution is -0.233. The molecule has 3 aliphatic rings. The highest BCUT2D eigenvalue weighted by molar-refractivity contribution is 6.31. The molecule has 1 aromatic carbocycles. The summed E-state index contributed by atoms with van der Waals surface area (Å²) in [4.78, 5) is 12.7. The lowest BCUT2D eigenvalue weighted by Crippen LogP contribution is -2.76. The van der Waals surface area contributed by atoms with Crippen molar-refractivity contribution in [3.05, 3.63) is 34.6 Å². The van der Waals surface area contributed by atoms with Crippen molar-refractivity contribution in [3.8, 4) is 0 Å². The van der Waals surface area contributed by atoms with Gasteiger partial charge in [-0.2, -0.15) is 5.01 Å². The molecule has 2 bridgehead atoms. The average molecular weight is 337 g/mol. The van der Waals surface area contributed by atoms with E-state index >= 15 is 0 Å². The summed E-state index contributed by atoms with van der Waals surface area (Å²) in [5.74, 6) is 1.30. The second-order valence-corrected chi connectivity index (χ2v) is 8.15. The van der Waals surface area contributed by atoms with Crippen LogP contribution in [0.25, 0.3) is 0 Å². The van der Waals surface area contributed by atoms with Crippen molar-refractivity contribution in [1.29, 1.82) is 0 Å². The number of halogens is 2. The number of carbonyl (C=O) groups is 1. The number of hydrogen-bond acceptors (Lipinski definition) is 2. The van der Waals surface area contributed by atoms with E-state index < -0.39 is 5.54 Å². The molecular weight excluding hydrogens is 315 g/mol. The van der Waals surface area contributed by atoms with Crippen molar-refractivity contribution in [1.82, 2.24) is 10.0 Å². The van der Waals surface area contributed by atoms with Crippen LogP contribution in [0.3, 0.4) is 0 Å². The summed E-state index contributed by atoms with van der Waals surface area (Å²) in [5, 5.41) is 4.58. The average Bonchev–Trinajstić information content (AvgIpc) is 3.13. The van der Waals surface area contributed by atoms with Gasteiger partial charge in [0.15, 0.2) is 0 Å². The van der Waals surface area contributed by atoms with Gasteiger partial charge in [0.25, 0.3) is 5.91 Å². The monoisotopic (exact) mass is 336 g/mol. The zero-order valence-electron chi connectivity index (χ0n) is 13.6. The second kappa shape index (κ2) is 5.18. The van der Waals surface area contributed by atoms with E-state index in [0.29, 0.717) is 23.5 Å². The molecule has 3 unspecified atom stereocenters. The van der Waals surface area contributed by atoms with Gasteiger partial charge in [0.1, 0.15) is 11.4 Å². The molecule has 5 heteroatoms. The Balaban J connectivity index is 1.60. The molecule has 1 saturated heterocycles. The van der Waals surface area contributed by atoms with Crippen LogP contribution in [0.15, 0.2) is 18.2 Å². The highest BCUT2D eigenvalue weighted by atomic mass is 35.5. The lowest BCUT2D eigenvalue weighted by atomic mass is 9.89. The molecule has 124 valence electrons. The van der Waals surface area contributed by atoms with Crippen molar-refractivity contribution in [2.24, 2.45) is 11.8 Å². The van der Waals surface area contributed by atoms with E-state index in [0.717, 1.165) is 17.9 Å². The highest BCUT2D eigenvalue weighted by Crippen LogP contribution is 2.50. The number of hydrogen-bond donors (Lipinski definition) is 0. The number of carbonyl (C=O) groups excluding carboxylic acids is 1. The fourth-order valence-corrected chi connectivity index (χ4v) is 4.84. The van der Waals surface area contributed by atoms with Crippen molar-refractivity contribution in [2.45, 2.75) is 57.7 Å². The van der Waals surface area contributed by atoms with Crippen LogP contribution in [0.4, 0.5) is 4.39 Å². The smallest absolute Gasteiger partial charge is 0.258 e. The maximum absolute atomic E-state index is 13.6. The second-order valence-electron chi connectivity index (χ2n) is 7.74. The van der Waals surface area contributed by atoms with Crippen LogP contribution in [0.5, 0.6) is 0 Å². The van der Waals surface area contributed by atoms with Gasteiger partial charge in [0.2, 0.25) is 0 Å². The Morgan fingerprint density at radius 1 is 1.30 bits per heavy atom. The normalized spacial score (nSPS) is 32.4. The Bertz CT molecular complexity index is 662. The van der Waals surface area contributed by atoms with Crippen molar-refractivity contribution < 1.29 is 9.18 Å². The third-order valence-electron chi connectivity index (χ3n) is 5.98. The topological polar surface area (TPSA) is 23.6 Å². The fraction of sp³-hybridized carbons (Fsp3) is 0.611. The number of fused-ring (bicyclic) bond motifs is 2. The third-order valence-corrected chi connectivity index (χ3v) is 6.35. The minimum Gasteiger partial charge on any atom is -0.271 e. The summed E-state index contributed by atoms with van der Waals surface area (Å²) in [6.45, 7) is 4.35. The largest absolute Gasteiger partial charge is 0.271 e. The van der Waals surface area contributed by atoms with E-state index in [1.165, 1.54) is 31.4 Å². The van der Waals surface area contributed by atoms with Crippen LogP contribution in [-0.4, -0.2) is 27.5 Å². The quantitative estimate of drug-likeness (QED) is 0.832. The zero-order chi connectivity index (χ0) is 16.4. The maximum Gasteiger partial charge on any atom is 0.258 e. The van der Waals surface area contributed by atoms with Gasteiger partial charge in [0.05, 0.1) is 6.04 Å². The summed E-state index contributed by atoms with van der Waals surface area (Å²) in [6, 6.07) is 4.75. The molecule has 1 amide bonds. The Hall–Kier alpha value is -1.13. The molecule has 3 nitrogen and oxygen atoms in total. The van der Waals surface area contributed by atoms with Gasteiger partial charge < -0.3 is 0 Å². The number of hydrazine groups is 1. The van der Waals surface area contributed by atoms with Crippen LogP contribution in [0, 0.1) is 17.7 Å². The number of amides is 1. The first kappa shape index (κ1) is 15.4. The summed E-state index contributed by atoms with van der Waals surface area (Å²) in [6.07, 6.45) is 4.90. The van der Waals surface area contributed by atoms with Crippen molar-refractivity contribution in [2.75, 3.05) is 0 Å². The molecule has 0 spiro atoms. The first-order valence-electron chi connectivity index (χ1n) is 8.43. The van der Waals surface area contributed by atoms with Crippen LogP contribution in [0.1, 0.15) is 45.1 Å². The van der Waals surface area contributed by atoms with E-state index in [1.807, 2.05) is 18.9 Å². The molecule has 2 aliphatic carbocycles. The predicted molar refractivity (Wildman–Crippen MR) is 87.1 cm³/mol. The molecule has 0 radical (unpaired) electrons. The van der Waals surface area contributed by atoms with Crippen LogP contribution in [0.2, 0.25) is 5.02 Å². The maximum atomic E-state index is 13.6. The third kappa shape index (κ3) is 2.30. The van der Waals surface area contributed by atoms with E-state index in [4.69, 9.17) is 11.6 Å². The van der Waals surface area contributed by atoms with E-state index in [-0.39, 0.29) is 11.7 Å². The van der Waals surface area contributed by atoms with Crippen molar-refractivity contribution in [3.63, 3.8) is 0 Å². The Morgan fingerprint density at radius 2 is 2.09 bits per heavy atom. The van der Waals surface area contributed by atoms with Gasteiger partial charge in [-0.05, 0) is 68.7 Å². The molecule has 0 N–H and O–H groups in total. The number of nitrogens with zero attached hydrogens (tertiary/aromatic N) is 2. The lowest BCUT2D eigenvalue weighted by Gasteiger charge is -2.59. The zero-order valence-corrected chi connectivity index (χ0v) is 14.3. The summed E-state index contributed by atoms with van der Waals surface area (Å²) in [5.41, 5.74) is 0.192. The molecule has 4 rings (SSSR count). The van der Waals surface area contributed by atoms with Crippen LogP contribution in [-0.2, 0) is 11.3 Å². The Morgan fingerprint density at radius 3 is 2.74 bits per heavy atom.